The number of aromatic carboxylic acids is 3. The quantitative estimate of drug-likeness (QED) is 0.557. The van der Waals surface area contributed by atoms with Gasteiger partial charge in [0.25, 0.3) is 0 Å². The van der Waals surface area contributed by atoms with Gasteiger partial charge < -0.3 is 15.3 Å². The third-order valence-electron chi connectivity index (χ3n) is 3.94. The van der Waals surface area contributed by atoms with Crippen LogP contribution in [0.2, 0.25) is 0 Å². The van der Waals surface area contributed by atoms with Crippen LogP contribution in [-0.2, 0) is 0 Å². The van der Waals surface area contributed by atoms with Gasteiger partial charge in [0.2, 0.25) is 0 Å². The highest BCUT2D eigenvalue weighted by atomic mass is 16.4. The maximum Gasteiger partial charge on any atom is 0.335 e. The molecule has 0 aliphatic heterocycles. The monoisotopic (exact) mass is 408 g/mol. The second kappa shape index (κ2) is 11.8. The zero-order valence-corrected chi connectivity index (χ0v) is 17.0. The topological polar surface area (TPSA) is 112 Å². The Morgan fingerprint density at radius 2 is 1.13 bits per heavy atom. The summed E-state index contributed by atoms with van der Waals surface area (Å²) in [7, 11) is 0. The number of hydrogen-bond donors (Lipinski definition) is 3. The molecule has 0 spiro atoms. The Kier molecular flexibility index (Phi) is 9.49. The van der Waals surface area contributed by atoms with E-state index in [9.17, 15) is 14.4 Å². The average Bonchev–Trinajstić information content (AvgIpc) is 2.69. The molecule has 0 aliphatic rings. The molecular formula is C24H24O6. The van der Waals surface area contributed by atoms with E-state index in [-0.39, 0.29) is 0 Å². The van der Waals surface area contributed by atoms with Crippen LogP contribution >= 0.6 is 0 Å². The molecule has 0 bridgehead atoms. The summed E-state index contributed by atoms with van der Waals surface area (Å²) < 4.78 is 0. The van der Waals surface area contributed by atoms with Crippen molar-refractivity contribution in [1.29, 1.82) is 0 Å². The van der Waals surface area contributed by atoms with Crippen molar-refractivity contribution in [3.05, 3.63) is 106 Å². The molecule has 156 valence electrons. The van der Waals surface area contributed by atoms with E-state index in [2.05, 4.69) is 0 Å². The lowest BCUT2D eigenvalue weighted by Crippen LogP contribution is -1.97. The Labute approximate surface area is 175 Å². The largest absolute Gasteiger partial charge is 0.478 e. The number of aryl methyl sites for hydroxylation is 3. The number of carboxylic acid groups (broad SMARTS) is 3. The van der Waals surface area contributed by atoms with E-state index in [0.29, 0.717) is 16.7 Å². The van der Waals surface area contributed by atoms with Crippen LogP contribution in [-0.4, -0.2) is 33.2 Å². The van der Waals surface area contributed by atoms with Gasteiger partial charge in [0.05, 0.1) is 16.7 Å². The average molecular weight is 408 g/mol. The molecule has 3 aromatic rings. The summed E-state index contributed by atoms with van der Waals surface area (Å²) in [5.74, 6) is -2.61. The molecule has 0 aliphatic carbocycles. The van der Waals surface area contributed by atoms with Crippen molar-refractivity contribution >= 4 is 17.9 Å². The summed E-state index contributed by atoms with van der Waals surface area (Å²) >= 11 is 0. The van der Waals surface area contributed by atoms with Gasteiger partial charge >= 0.3 is 17.9 Å². The van der Waals surface area contributed by atoms with Gasteiger partial charge in [-0.2, -0.15) is 0 Å². The van der Waals surface area contributed by atoms with E-state index >= 15 is 0 Å². The number of carboxylic acids is 3. The second-order valence-corrected chi connectivity index (χ2v) is 6.47. The van der Waals surface area contributed by atoms with Crippen LogP contribution in [0.15, 0.2) is 72.8 Å². The molecule has 3 N–H and O–H groups in total. The Balaban J connectivity index is 0.000000225. The van der Waals surface area contributed by atoms with Crippen molar-refractivity contribution in [2.24, 2.45) is 0 Å². The molecule has 6 nitrogen and oxygen atoms in total. The molecule has 30 heavy (non-hydrogen) atoms. The van der Waals surface area contributed by atoms with E-state index in [1.54, 1.807) is 67.6 Å². The first-order valence-corrected chi connectivity index (χ1v) is 9.00. The maximum absolute atomic E-state index is 10.4. The first kappa shape index (κ1) is 24.1. The third-order valence-corrected chi connectivity index (χ3v) is 3.94. The summed E-state index contributed by atoms with van der Waals surface area (Å²) in [6.45, 7) is 5.57. The summed E-state index contributed by atoms with van der Waals surface area (Å²) in [6.07, 6.45) is 0. The number of benzene rings is 3. The van der Waals surface area contributed by atoms with Crippen LogP contribution in [0, 0.1) is 20.8 Å². The predicted molar refractivity (Wildman–Crippen MR) is 114 cm³/mol. The summed E-state index contributed by atoms with van der Waals surface area (Å²) in [6, 6.07) is 20.5. The maximum atomic E-state index is 10.4. The molecule has 0 radical (unpaired) electrons. The van der Waals surface area contributed by atoms with Crippen molar-refractivity contribution < 1.29 is 29.7 Å². The molecule has 0 unspecified atom stereocenters. The molecule has 0 saturated carbocycles. The van der Waals surface area contributed by atoms with E-state index in [4.69, 9.17) is 15.3 Å². The minimum absolute atomic E-state index is 0.339. The second-order valence-electron chi connectivity index (χ2n) is 6.47. The minimum Gasteiger partial charge on any atom is -0.478 e. The lowest BCUT2D eigenvalue weighted by molar-refractivity contribution is 0.0685. The van der Waals surface area contributed by atoms with Crippen LogP contribution in [0.3, 0.4) is 0 Å². The van der Waals surface area contributed by atoms with Crippen LogP contribution in [0.1, 0.15) is 47.8 Å². The van der Waals surface area contributed by atoms with Crippen LogP contribution in [0.25, 0.3) is 0 Å². The molecule has 6 heteroatoms. The van der Waals surface area contributed by atoms with Gasteiger partial charge in [-0.25, -0.2) is 14.4 Å². The number of rotatable bonds is 3. The summed E-state index contributed by atoms with van der Waals surface area (Å²) in [5.41, 5.74) is 3.91. The number of hydrogen-bond acceptors (Lipinski definition) is 3. The molecule has 0 heterocycles. The van der Waals surface area contributed by atoms with Gasteiger partial charge in [0.1, 0.15) is 0 Å². The molecule has 0 saturated heterocycles. The molecular weight excluding hydrogens is 384 g/mol. The van der Waals surface area contributed by atoms with Gasteiger partial charge in [0, 0.05) is 0 Å². The Morgan fingerprint density at radius 3 is 1.53 bits per heavy atom. The Morgan fingerprint density at radius 1 is 0.567 bits per heavy atom. The molecule has 3 aromatic carbocycles. The fraction of sp³-hybridized carbons (Fsp3) is 0.125. The zero-order valence-electron chi connectivity index (χ0n) is 17.0. The molecule has 0 aromatic heterocycles. The predicted octanol–water partition coefficient (Wildman–Crippen LogP) is 5.08. The van der Waals surface area contributed by atoms with E-state index in [1.807, 2.05) is 26.0 Å². The fourth-order valence-corrected chi connectivity index (χ4v) is 2.29. The fourth-order valence-electron chi connectivity index (χ4n) is 2.29. The highest BCUT2D eigenvalue weighted by Gasteiger charge is 2.03. The summed E-state index contributed by atoms with van der Waals surface area (Å²) in [4.78, 5) is 31.1. The third kappa shape index (κ3) is 8.39. The first-order valence-electron chi connectivity index (χ1n) is 9.00. The normalized spacial score (nSPS) is 9.30. The lowest BCUT2D eigenvalue weighted by Gasteiger charge is -1.96. The molecule has 0 amide bonds. The van der Waals surface area contributed by atoms with Crippen molar-refractivity contribution in [1.82, 2.24) is 0 Å². The van der Waals surface area contributed by atoms with Crippen molar-refractivity contribution in [3.8, 4) is 0 Å². The Hall–Kier alpha value is -3.93. The molecule has 0 atom stereocenters. The van der Waals surface area contributed by atoms with Crippen LogP contribution in [0.4, 0.5) is 0 Å². The highest BCUT2D eigenvalue weighted by Crippen LogP contribution is 2.05. The zero-order chi connectivity index (χ0) is 22.7. The van der Waals surface area contributed by atoms with Crippen LogP contribution < -0.4 is 0 Å². The first-order chi connectivity index (χ1) is 14.1. The van der Waals surface area contributed by atoms with E-state index in [1.165, 1.54) is 0 Å². The number of carbonyl (C=O) groups is 3. The van der Waals surface area contributed by atoms with Gasteiger partial charge in [-0.05, 0) is 56.7 Å². The highest BCUT2D eigenvalue weighted by molar-refractivity contribution is 5.89. The van der Waals surface area contributed by atoms with Crippen LogP contribution in [0.5, 0.6) is 0 Å². The van der Waals surface area contributed by atoms with Gasteiger partial charge in [-0.3, -0.25) is 0 Å². The Bertz CT molecular complexity index is 1010. The van der Waals surface area contributed by atoms with E-state index < -0.39 is 17.9 Å². The molecule has 0 fully saturated rings. The van der Waals surface area contributed by atoms with Gasteiger partial charge in [-0.15, -0.1) is 0 Å². The molecule has 3 rings (SSSR count). The SMILES string of the molecule is Cc1ccc(C(=O)O)cc1.Cc1cccc(C(=O)O)c1.Cc1ccccc1C(=O)O. The summed E-state index contributed by atoms with van der Waals surface area (Å²) in [5, 5.41) is 25.6. The smallest absolute Gasteiger partial charge is 0.335 e. The standard InChI is InChI=1S/3C8H8O2/c1-6-2-4-7(5-3-6)8(9)10;1-6-3-2-4-7(5-6)8(9)10;1-6-4-2-3-5-7(6)8(9)10/h3*2-5H,1H3,(H,9,10). The van der Waals surface area contributed by atoms with Crippen molar-refractivity contribution in [2.75, 3.05) is 0 Å². The van der Waals surface area contributed by atoms with Gasteiger partial charge in [-0.1, -0.05) is 53.6 Å². The van der Waals surface area contributed by atoms with E-state index in [0.717, 1.165) is 16.7 Å². The minimum atomic E-state index is -0.875. The van der Waals surface area contributed by atoms with Crippen molar-refractivity contribution in [2.45, 2.75) is 20.8 Å². The van der Waals surface area contributed by atoms with Crippen molar-refractivity contribution in [3.63, 3.8) is 0 Å². The lowest BCUT2D eigenvalue weighted by atomic mass is 10.1. The van der Waals surface area contributed by atoms with Gasteiger partial charge in [0.15, 0.2) is 0 Å².